The Kier molecular flexibility index (Phi) is 5.77. The Morgan fingerprint density at radius 3 is 2.23 bits per heavy atom. The lowest BCUT2D eigenvalue weighted by molar-refractivity contribution is 0.0186. The summed E-state index contributed by atoms with van der Waals surface area (Å²) in [5.41, 5.74) is 5.38. The predicted octanol–water partition coefficient (Wildman–Crippen LogP) is 1.73. The normalized spacial score (nSPS) is 16.8. The van der Waals surface area contributed by atoms with E-state index in [1.54, 1.807) is 4.90 Å². The van der Waals surface area contributed by atoms with Crippen LogP contribution in [0.4, 0.5) is 4.79 Å². The number of carbonyl (C=O) groups is 1. The molecule has 0 bridgehead atoms. The van der Waals surface area contributed by atoms with Crippen LogP contribution >= 0.6 is 0 Å². The number of nitrogens with two attached hydrogens (primary N) is 1. The van der Waals surface area contributed by atoms with E-state index in [4.69, 9.17) is 15.0 Å². The van der Waals surface area contributed by atoms with Crippen LogP contribution < -0.4 is 5.73 Å². The van der Waals surface area contributed by atoms with Crippen molar-refractivity contribution in [1.29, 1.82) is 0 Å². The molecule has 0 aliphatic carbocycles. The number of amides is 1. The third-order valence-corrected chi connectivity index (χ3v) is 3.75. The number of aliphatic imine (C=N–C) groups is 1. The van der Waals surface area contributed by atoms with Crippen LogP contribution in [0.1, 0.15) is 53.3 Å². The molecule has 1 aromatic rings. The van der Waals surface area contributed by atoms with Gasteiger partial charge in [0, 0.05) is 31.6 Å². The van der Waals surface area contributed by atoms with Gasteiger partial charge in [-0.3, -0.25) is 0 Å². The lowest BCUT2D eigenvalue weighted by Gasteiger charge is -2.36. The first-order valence-electron chi connectivity index (χ1n) is 8.81. The van der Waals surface area contributed by atoms with E-state index in [1.807, 2.05) is 46.4 Å². The van der Waals surface area contributed by atoms with Crippen molar-refractivity contribution in [2.75, 3.05) is 26.2 Å². The van der Waals surface area contributed by atoms with Gasteiger partial charge in [0.05, 0.1) is 0 Å². The summed E-state index contributed by atoms with van der Waals surface area (Å²) in [5, 5.41) is 3.93. The molecule has 9 heteroatoms. The van der Waals surface area contributed by atoms with Crippen molar-refractivity contribution >= 4 is 12.1 Å². The smallest absolute Gasteiger partial charge is 0.410 e. The Morgan fingerprint density at radius 2 is 1.73 bits per heavy atom. The quantitative estimate of drug-likeness (QED) is 0.627. The van der Waals surface area contributed by atoms with Gasteiger partial charge < -0.3 is 24.8 Å². The highest BCUT2D eigenvalue weighted by atomic mass is 16.6. The van der Waals surface area contributed by atoms with Gasteiger partial charge in [0.2, 0.25) is 5.89 Å². The van der Waals surface area contributed by atoms with Gasteiger partial charge in [-0.1, -0.05) is 25.9 Å². The lowest BCUT2D eigenvalue weighted by atomic mass is 9.97. The number of aromatic nitrogens is 2. The summed E-state index contributed by atoms with van der Waals surface area (Å²) in [7, 11) is 0. The van der Waals surface area contributed by atoms with Gasteiger partial charge in [-0.2, -0.15) is 4.98 Å². The van der Waals surface area contributed by atoms with Gasteiger partial charge in [0.1, 0.15) is 12.1 Å². The highest BCUT2D eigenvalue weighted by Gasteiger charge is 2.26. The number of carbonyl (C=O) groups excluding carboxylic acids is 1. The van der Waals surface area contributed by atoms with Crippen molar-refractivity contribution in [3.63, 3.8) is 0 Å². The maximum absolute atomic E-state index is 12.1. The average molecular weight is 366 g/mol. The van der Waals surface area contributed by atoms with Gasteiger partial charge in [-0.25, -0.2) is 9.79 Å². The molecule has 0 atom stereocenters. The first-order chi connectivity index (χ1) is 12.0. The monoisotopic (exact) mass is 366 g/mol. The highest BCUT2D eigenvalue weighted by Crippen LogP contribution is 2.19. The molecule has 1 aliphatic rings. The van der Waals surface area contributed by atoms with E-state index in [0.717, 1.165) is 0 Å². The number of guanidine groups is 1. The second-order valence-corrected chi connectivity index (χ2v) is 8.39. The summed E-state index contributed by atoms with van der Waals surface area (Å²) >= 11 is 0. The maximum Gasteiger partial charge on any atom is 0.410 e. The lowest BCUT2D eigenvalue weighted by Crippen LogP contribution is -2.53. The summed E-state index contributed by atoms with van der Waals surface area (Å²) in [6, 6.07) is 0. The van der Waals surface area contributed by atoms with Crippen molar-refractivity contribution in [1.82, 2.24) is 19.9 Å². The van der Waals surface area contributed by atoms with Crippen LogP contribution in [0, 0.1) is 0 Å². The molecule has 2 N–H and O–H groups in total. The van der Waals surface area contributed by atoms with Crippen LogP contribution in [0.15, 0.2) is 9.52 Å². The third-order valence-electron chi connectivity index (χ3n) is 3.75. The van der Waals surface area contributed by atoms with Gasteiger partial charge in [-0.15, -0.1) is 0 Å². The zero-order chi connectivity index (χ0) is 19.5. The molecule has 1 aliphatic heterocycles. The first kappa shape index (κ1) is 20.0. The number of ether oxygens (including phenoxy) is 1. The molecule has 1 fully saturated rings. The van der Waals surface area contributed by atoms with E-state index in [-0.39, 0.29) is 18.1 Å². The van der Waals surface area contributed by atoms with Crippen LogP contribution in [-0.4, -0.2) is 63.8 Å². The fourth-order valence-corrected chi connectivity index (χ4v) is 2.32. The molecule has 9 nitrogen and oxygen atoms in total. The molecular formula is C17H30N6O3. The number of rotatable bonds is 2. The van der Waals surface area contributed by atoms with Crippen molar-refractivity contribution in [3.8, 4) is 0 Å². The number of piperazine rings is 1. The number of nitrogens with zero attached hydrogens (tertiary/aromatic N) is 5. The summed E-state index contributed by atoms with van der Waals surface area (Å²) in [5.74, 6) is 1.49. The molecule has 26 heavy (non-hydrogen) atoms. The van der Waals surface area contributed by atoms with Gasteiger partial charge in [-0.05, 0) is 20.8 Å². The molecule has 0 radical (unpaired) electrons. The number of hydrogen-bond acceptors (Lipinski definition) is 6. The fraction of sp³-hybridized carbons (Fsp3) is 0.765. The van der Waals surface area contributed by atoms with Crippen LogP contribution in [0.5, 0.6) is 0 Å². The van der Waals surface area contributed by atoms with Crippen LogP contribution in [0.25, 0.3) is 0 Å². The molecule has 0 spiro atoms. The maximum atomic E-state index is 12.1. The Bertz CT molecular complexity index is 648. The van der Waals surface area contributed by atoms with E-state index >= 15 is 0 Å². The Labute approximate surface area is 154 Å². The largest absolute Gasteiger partial charge is 0.444 e. The van der Waals surface area contributed by atoms with Crippen LogP contribution in [0.2, 0.25) is 0 Å². The van der Waals surface area contributed by atoms with E-state index in [1.165, 1.54) is 0 Å². The molecule has 0 saturated carbocycles. The van der Waals surface area contributed by atoms with Crippen molar-refractivity contribution in [2.45, 2.75) is 59.1 Å². The van der Waals surface area contributed by atoms with Gasteiger partial charge >= 0.3 is 6.09 Å². The standard InChI is InChI=1S/C17H30N6O3/c1-16(2,3)13-20-12(21-26-13)11-19-14(18)22-7-9-23(10-8-22)15(24)25-17(4,5)6/h7-11H2,1-6H3,(H2,18,19). The SMILES string of the molecule is CC(C)(C)OC(=O)N1CCN(C(N)=NCc2noc(C(C)(C)C)n2)CC1. The van der Waals surface area contributed by atoms with Crippen LogP contribution in [-0.2, 0) is 16.7 Å². The third kappa shape index (κ3) is 5.60. The topological polar surface area (TPSA) is 110 Å². The van der Waals surface area contributed by atoms with E-state index in [9.17, 15) is 4.79 Å². The molecule has 1 aromatic heterocycles. The molecule has 0 aromatic carbocycles. The van der Waals surface area contributed by atoms with Crippen molar-refractivity contribution in [3.05, 3.63) is 11.7 Å². The summed E-state index contributed by atoms with van der Waals surface area (Å²) in [6.45, 7) is 14.1. The Hall–Kier alpha value is -2.32. The van der Waals surface area contributed by atoms with Gasteiger partial charge in [0.15, 0.2) is 11.8 Å². The minimum absolute atomic E-state index is 0.196. The minimum atomic E-state index is -0.495. The Morgan fingerprint density at radius 1 is 1.15 bits per heavy atom. The van der Waals surface area contributed by atoms with E-state index in [0.29, 0.717) is 43.9 Å². The van der Waals surface area contributed by atoms with Crippen LogP contribution in [0.3, 0.4) is 0 Å². The molecule has 146 valence electrons. The van der Waals surface area contributed by atoms with Crippen molar-refractivity contribution < 1.29 is 14.1 Å². The molecular weight excluding hydrogens is 336 g/mol. The summed E-state index contributed by atoms with van der Waals surface area (Å²) in [4.78, 5) is 24.4. The summed E-state index contributed by atoms with van der Waals surface area (Å²) in [6.07, 6.45) is -0.297. The summed E-state index contributed by atoms with van der Waals surface area (Å²) < 4.78 is 10.6. The number of hydrogen-bond donors (Lipinski definition) is 1. The molecule has 1 saturated heterocycles. The minimum Gasteiger partial charge on any atom is -0.444 e. The molecule has 2 rings (SSSR count). The van der Waals surface area contributed by atoms with E-state index < -0.39 is 5.60 Å². The molecule has 0 unspecified atom stereocenters. The van der Waals surface area contributed by atoms with E-state index in [2.05, 4.69) is 15.1 Å². The molecule has 1 amide bonds. The second-order valence-electron chi connectivity index (χ2n) is 8.39. The zero-order valence-corrected chi connectivity index (χ0v) is 16.6. The Balaban J connectivity index is 1.86. The zero-order valence-electron chi connectivity index (χ0n) is 16.6. The first-order valence-corrected chi connectivity index (χ1v) is 8.81. The van der Waals surface area contributed by atoms with Gasteiger partial charge in [0.25, 0.3) is 0 Å². The predicted molar refractivity (Wildman–Crippen MR) is 97.7 cm³/mol. The fourth-order valence-electron chi connectivity index (χ4n) is 2.32. The second kappa shape index (κ2) is 7.51. The highest BCUT2D eigenvalue weighted by molar-refractivity contribution is 5.78. The van der Waals surface area contributed by atoms with Crippen molar-refractivity contribution in [2.24, 2.45) is 10.7 Å². The average Bonchev–Trinajstić information content (AvgIpc) is 3.00. The molecule has 2 heterocycles.